The van der Waals surface area contributed by atoms with Gasteiger partial charge in [-0.2, -0.15) is 0 Å². The molecular weight excluding hydrogens is 192 g/mol. The lowest BCUT2D eigenvalue weighted by Crippen LogP contribution is -2.38. The van der Waals surface area contributed by atoms with Crippen LogP contribution in [0, 0.1) is 6.92 Å². The lowest BCUT2D eigenvalue weighted by atomic mass is 10.2. The van der Waals surface area contributed by atoms with Crippen molar-refractivity contribution in [2.75, 3.05) is 0 Å². The molecule has 0 saturated heterocycles. The third-order valence-corrected chi connectivity index (χ3v) is 2.25. The predicted octanol–water partition coefficient (Wildman–Crippen LogP) is 0.615. The normalized spacial score (nSPS) is 13.9. The molecule has 5 nitrogen and oxygen atoms in total. The largest absolute Gasteiger partial charge is 0.409 e. The molecule has 1 unspecified atom stereocenters. The Morgan fingerprint density at radius 2 is 2.47 bits per heavy atom. The van der Waals surface area contributed by atoms with Gasteiger partial charge in [0.25, 0.3) is 0 Å². The summed E-state index contributed by atoms with van der Waals surface area (Å²) in [7, 11) is 0. The predicted molar refractivity (Wildman–Crippen MR) is 58.7 cm³/mol. The van der Waals surface area contributed by atoms with Crippen molar-refractivity contribution in [1.29, 1.82) is 0 Å². The standard InChI is InChI=1S/C10H16N4O/c1-7-4-3-5-12-9(7)6-13-8(2)10(11)14-15/h3-5,8,13,15H,6H2,1-2H3,(H2,11,14). The van der Waals surface area contributed by atoms with E-state index in [1.165, 1.54) is 0 Å². The molecule has 4 N–H and O–H groups in total. The van der Waals surface area contributed by atoms with Crippen molar-refractivity contribution in [3.63, 3.8) is 0 Å². The highest BCUT2D eigenvalue weighted by Crippen LogP contribution is 2.02. The van der Waals surface area contributed by atoms with E-state index in [0.29, 0.717) is 6.54 Å². The lowest BCUT2D eigenvalue weighted by Gasteiger charge is -2.12. The number of pyridine rings is 1. The van der Waals surface area contributed by atoms with E-state index >= 15 is 0 Å². The van der Waals surface area contributed by atoms with E-state index in [4.69, 9.17) is 10.9 Å². The zero-order valence-electron chi connectivity index (χ0n) is 8.94. The molecule has 5 heteroatoms. The Bertz CT molecular complexity index is 351. The monoisotopic (exact) mass is 208 g/mol. The molecule has 1 atom stereocenters. The molecule has 15 heavy (non-hydrogen) atoms. The summed E-state index contributed by atoms with van der Waals surface area (Å²) in [5, 5.41) is 14.5. The molecule has 0 aliphatic heterocycles. The van der Waals surface area contributed by atoms with Crippen LogP contribution >= 0.6 is 0 Å². The number of rotatable bonds is 4. The molecule has 1 aromatic rings. The molecule has 0 aliphatic carbocycles. The second kappa shape index (κ2) is 5.31. The Hall–Kier alpha value is -1.62. The van der Waals surface area contributed by atoms with Gasteiger partial charge >= 0.3 is 0 Å². The molecular formula is C10H16N4O. The molecule has 0 bridgehead atoms. The fourth-order valence-electron chi connectivity index (χ4n) is 1.14. The van der Waals surface area contributed by atoms with Crippen molar-refractivity contribution < 1.29 is 5.21 Å². The highest BCUT2D eigenvalue weighted by atomic mass is 16.4. The zero-order chi connectivity index (χ0) is 11.3. The van der Waals surface area contributed by atoms with Gasteiger partial charge < -0.3 is 16.3 Å². The summed E-state index contributed by atoms with van der Waals surface area (Å²) in [4.78, 5) is 4.23. The van der Waals surface area contributed by atoms with Crippen molar-refractivity contribution in [1.82, 2.24) is 10.3 Å². The fourth-order valence-corrected chi connectivity index (χ4v) is 1.14. The van der Waals surface area contributed by atoms with Gasteiger partial charge in [0.2, 0.25) is 0 Å². The van der Waals surface area contributed by atoms with Gasteiger partial charge in [-0.05, 0) is 25.5 Å². The first kappa shape index (κ1) is 11.5. The van der Waals surface area contributed by atoms with Crippen LogP contribution in [0.1, 0.15) is 18.2 Å². The van der Waals surface area contributed by atoms with Crippen LogP contribution in [-0.2, 0) is 6.54 Å². The third kappa shape index (κ3) is 3.21. The van der Waals surface area contributed by atoms with Crippen LogP contribution in [0.2, 0.25) is 0 Å². The molecule has 0 saturated carbocycles. The average Bonchev–Trinajstić information content (AvgIpc) is 2.26. The van der Waals surface area contributed by atoms with E-state index < -0.39 is 0 Å². The lowest BCUT2D eigenvalue weighted by molar-refractivity contribution is 0.315. The smallest absolute Gasteiger partial charge is 0.156 e. The maximum atomic E-state index is 8.46. The summed E-state index contributed by atoms with van der Waals surface area (Å²) < 4.78 is 0. The van der Waals surface area contributed by atoms with E-state index in [1.54, 1.807) is 6.20 Å². The molecule has 1 rings (SSSR count). The fraction of sp³-hybridized carbons (Fsp3) is 0.400. The van der Waals surface area contributed by atoms with E-state index in [0.717, 1.165) is 11.3 Å². The van der Waals surface area contributed by atoms with Gasteiger partial charge in [0.1, 0.15) is 0 Å². The van der Waals surface area contributed by atoms with Crippen LogP contribution in [0.15, 0.2) is 23.5 Å². The zero-order valence-corrected chi connectivity index (χ0v) is 8.94. The Kier molecular flexibility index (Phi) is 4.05. The van der Waals surface area contributed by atoms with E-state index in [-0.39, 0.29) is 11.9 Å². The number of nitrogens with two attached hydrogens (primary N) is 1. The SMILES string of the molecule is Cc1cccnc1CNC(C)C(N)=NO. The first-order valence-electron chi connectivity index (χ1n) is 4.76. The summed E-state index contributed by atoms with van der Waals surface area (Å²) in [5.41, 5.74) is 7.53. The Morgan fingerprint density at radius 3 is 3.07 bits per heavy atom. The summed E-state index contributed by atoms with van der Waals surface area (Å²) >= 11 is 0. The first-order chi connectivity index (χ1) is 7.15. The minimum atomic E-state index is -0.170. The first-order valence-corrected chi connectivity index (χ1v) is 4.76. The van der Waals surface area contributed by atoms with Gasteiger partial charge in [-0.1, -0.05) is 11.2 Å². The number of aryl methyl sites for hydroxylation is 1. The second-order valence-corrected chi connectivity index (χ2v) is 3.39. The van der Waals surface area contributed by atoms with Crippen LogP contribution in [0.5, 0.6) is 0 Å². The van der Waals surface area contributed by atoms with Gasteiger partial charge in [-0.25, -0.2) is 0 Å². The van der Waals surface area contributed by atoms with Crippen LogP contribution in [-0.4, -0.2) is 22.1 Å². The molecule has 1 heterocycles. The molecule has 0 radical (unpaired) electrons. The summed E-state index contributed by atoms with van der Waals surface area (Å²) in [6, 6.07) is 3.72. The summed E-state index contributed by atoms with van der Waals surface area (Å²) in [6.07, 6.45) is 1.75. The van der Waals surface area contributed by atoms with Crippen molar-refractivity contribution in [3.05, 3.63) is 29.6 Å². The third-order valence-electron chi connectivity index (χ3n) is 2.25. The van der Waals surface area contributed by atoms with Crippen LogP contribution in [0.3, 0.4) is 0 Å². The Balaban J connectivity index is 2.54. The van der Waals surface area contributed by atoms with Crippen LogP contribution < -0.4 is 11.1 Å². The van der Waals surface area contributed by atoms with E-state index in [9.17, 15) is 0 Å². The molecule has 0 aliphatic rings. The van der Waals surface area contributed by atoms with Gasteiger partial charge in [-0.15, -0.1) is 0 Å². The summed E-state index contributed by atoms with van der Waals surface area (Å²) in [5.74, 6) is 0.170. The van der Waals surface area contributed by atoms with Crippen molar-refractivity contribution >= 4 is 5.84 Å². The maximum Gasteiger partial charge on any atom is 0.156 e. The Morgan fingerprint density at radius 1 is 1.73 bits per heavy atom. The van der Waals surface area contributed by atoms with Gasteiger partial charge in [0.05, 0.1) is 11.7 Å². The van der Waals surface area contributed by atoms with E-state index in [1.807, 2.05) is 26.0 Å². The topological polar surface area (TPSA) is 83.5 Å². The van der Waals surface area contributed by atoms with Gasteiger partial charge in [0, 0.05) is 12.7 Å². The number of aromatic nitrogens is 1. The van der Waals surface area contributed by atoms with Crippen molar-refractivity contribution in [2.24, 2.45) is 10.9 Å². The Labute approximate surface area is 89.0 Å². The van der Waals surface area contributed by atoms with Gasteiger partial charge in [0.15, 0.2) is 5.84 Å². The summed E-state index contributed by atoms with van der Waals surface area (Å²) in [6.45, 7) is 4.43. The highest BCUT2D eigenvalue weighted by molar-refractivity contribution is 5.84. The quantitative estimate of drug-likeness (QED) is 0.293. The molecule has 0 fully saturated rings. The molecule has 82 valence electrons. The number of nitrogens with zero attached hydrogens (tertiary/aromatic N) is 2. The number of nitrogens with one attached hydrogen (secondary N) is 1. The highest BCUT2D eigenvalue weighted by Gasteiger charge is 2.07. The number of hydrogen-bond acceptors (Lipinski definition) is 4. The molecule has 0 spiro atoms. The minimum Gasteiger partial charge on any atom is -0.409 e. The van der Waals surface area contributed by atoms with Crippen LogP contribution in [0.4, 0.5) is 0 Å². The molecule has 0 amide bonds. The van der Waals surface area contributed by atoms with E-state index in [2.05, 4.69) is 15.5 Å². The number of oxime groups is 1. The van der Waals surface area contributed by atoms with Gasteiger partial charge in [-0.3, -0.25) is 4.98 Å². The molecule has 0 aromatic carbocycles. The second-order valence-electron chi connectivity index (χ2n) is 3.39. The number of amidine groups is 1. The van der Waals surface area contributed by atoms with Crippen molar-refractivity contribution in [3.8, 4) is 0 Å². The molecule has 1 aromatic heterocycles. The minimum absolute atomic E-state index is 0.170. The average molecular weight is 208 g/mol. The van der Waals surface area contributed by atoms with Crippen LogP contribution in [0.25, 0.3) is 0 Å². The number of hydrogen-bond donors (Lipinski definition) is 3. The maximum absolute atomic E-state index is 8.46. The van der Waals surface area contributed by atoms with Crippen molar-refractivity contribution in [2.45, 2.75) is 26.4 Å².